The van der Waals surface area contributed by atoms with Gasteiger partial charge in [-0.05, 0) is 19.2 Å². The van der Waals surface area contributed by atoms with E-state index in [1.165, 1.54) is 0 Å². The molecule has 4 nitrogen and oxygen atoms in total. The highest BCUT2D eigenvalue weighted by Gasteiger charge is 2.22. The Balaban J connectivity index is 2.63. The minimum absolute atomic E-state index is 0.136. The molecule has 19 heavy (non-hydrogen) atoms. The van der Waals surface area contributed by atoms with Gasteiger partial charge in [0, 0.05) is 13.1 Å². The Morgan fingerprint density at radius 2 is 2.05 bits per heavy atom. The Labute approximate surface area is 120 Å². The van der Waals surface area contributed by atoms with Gasteiger partial charge in [-0.3, -0.25) is 4.79 Å². The van der Waals surface area contributed by atoms with Crippen molar-refractivity contribution in [3.63, 3.8) is 0 Å². The standard InChI is InChI=1S/C14H21N3OS/c1-3-17(2)10-9-16-14(18)12(13(15)19)11-7-5-4-6-8-11/h4-8,12H,3,9-10H2,1-2H3,(H2,15,19)(H,16,18). The molecule has 0 radical (unpaired) electrons. The van der Waals surface area contributed by atoms with Crippen molar-refractivity contribution in [2.45, 2.75) is 12.8 Å². The molecule has 0 aliphatic heterocycles. The third-order valence-corrected chi connectivity index (χ3v) is 3.25. The van der Waals surface area contributed by atoms with Crippen LogP contribution in [0.5, 0.6) is 0 Å². The van der Waals surface area contributed by atoms with Crippen LogP contribution in [0.15, 0.2) is 30.3 Å². The fourth-order valence-electron chi connectivity index (χ4n) is 1.72. The SMILES string of the molecule is CCN(C)CCNC(=O)C(C(N)=S)c1ccccc1. The van der Waals surface area contributed by atoms with Gasteiger partial charge in [0.25, 0.3) is 0 Å². The molecule has 3 N–H and O–H groups in total. The monoisotopic (exact) mass is 279 g/mol. The first-order valence-corrected chi connectivity index (χ1v) is 6.77. The fraction of sp³-hybridized carbons (Fsp3) is 0.429. The van der Waals surface area contributed by atoms with Gasteiger partial charge in [-0.2, -0.15) is 0 Å². The van der Waals surface area contributed by atoms with Gasteiger partial charge < -0.3 is 16.0 Å². The largest absolute Gasteiger partial charge is 0.392 e. The molecular formula is C14H21N3OS. The molecule has 0 aliphatic carbocycles. The molecule has 1 unspecified atom stereocenters. The molecule has 104 valence electrons. The highest BCUT2D eigenvalue weighted by molar-refractivity contribution is 7.80. The lowest BCUT2D eigenvalue weighted by Gasteiger charge is -2.18. The number of amides is 1. The summed E-state index contributed by atoms with van der Waals surface area (Å²) in [4.78, 5) is 14.5. The molecule has 0 spiro atoms. The highest BCUT2D eigenvalue weighted by Crippen LogP contribution is 2.15. The zero-order valence-corrected chi connectivity index (χ0v) is 12.2. The van der Waals surface area contributed by atoms with Crippen LogP contribution in [0.4, 0.5) is 0 Å². The molecule has 0 bridgehead atoms. The Kier molecular flexibility index (Phi) is 6.45. The summed E-state index contributed by atoms with van der Waals surface area (Å²) in [5.41, 5.74) is 6.52. The summed E-state index contributed by atoms with van der Waals surface area (Å²) in [6.07, 6.45) is 0. The molecule has 5 heteroatoms. The van der Waals surface area contributed by atoms with Gasteiger partial charge in [0.2, 0.25) is 5.91 Å². The molecule has 0 saturated carbocycles. The second-order valence-electron chi connectivity index (χ2n) is 4.43. The number of nitrogens with two attached hydrogens (primary N) is 1. The van der Waals surface area contributed by atoms with E-state index in [-0.39, 0.29) is 10.9 Å². The lowest BCUT2D eigenvalue weighted by molar-refractivity contribution is -0.121. The van der Waals surface area contributed by atoms with E-state index in [0.29, 0.717) is 6.54 Å². The topological polar surface area (TPSA) is 58.4 Å². The van der Waals surface area contributed by atoms with Crippen molar-refractivity contribution in [2.75, 3.05) is 26.7 Å². The van der Waals surface area contributed by atoms with Crippen molar-refractivity contribution >= 4 is 23.1 Å². The number of hydrogen-bond donors (Lipinski definition) is 2. The van der Waals surface area contributed by atoms with Crippen LogP contribution in [0.3, 0.4) is 0 Å². The quantitative estimate of drug-likeness (QED) is 0.735. The van der Waals surface area contributed by atoms with Crippen LogP contribution in [-0.4, -0.2) is 42.5 Å². The van der Waals surface area contributed by atoms with E-state index in [2.05, 4.69) is 17.1 Å². The summed E-state index contributed by atoms with van der Waals surface area (Å²) in [5, 5.41) is 2.88. The summed E-state index contributed by atoms with van der Waals surface area (Å²) in [6.45, 7) is 4.42. The van der Waals surface area contributed by atoms with E-state index in [1.807, 2.05) is 37.4 Å². The number of likely N-dealkylation sites (N-methyl/N-ethyl adjacent to an activating group) is 1. The number of benzene rings is 1. The van der Waals surface area contributed by atoms with E-state index < -0.39 is 5.92 Å². The first kappa shape index (κ1) is 15.6. The zero-order chi connectivity index (χ0) is 14.3. The smallest absolute Gasteiger partial charge is 0.234 e. The average molecular weight is 279 g/mol. The molecule has 1 amide bonds. The second kappa shape index (κ2) is 7.86. The summed E-state index contributed by atoms with van der Waals surface area (Å²) >= 11 is 5.01. The van der Waals surface area contributed by atoms with Gasteiger partial charge in [0.05, 0.1) is 4.99 Å². The number of nitrogens with zero attached hydrogens (tertiary/aromatic N) is 1. The molecular weight excluding hydrogens is 258 g/mol. The van der Waals surface area contributed by atoms with Crippen molar-refractivity contribution < 1.29 is 4.79 Å². The Bertz CT molecular complexity index is 422. The van der Waals surface area contributed by atoms with Crippen LogP contribution >= 0.6 is 12.2 Å². The van der Waals surface area contributed by atoms with Gasteiger partial charge in [-0.15, -0.1) is 0 Å². The highest BCUT2D eigenvalue weighted by atomic mass is 32.1. The van der Waals surface area contributed by atoms with E-state index in [4.69, 9.17) is 18.0 Å². The molecule has 1 aromatic carbocycles. The van der Waals surface area contributed by atoms with E-state index in [1.54, 1.807) is 0 Å². The van der Waals surface area contributed by atoms with E-state index in [9.17, 15) is 4.79 Å². The van der Waals surface area contributed by atoms with Crippen LogP contribution in [0.25, 0.3) is 0 Å². The van der Waals surface area contributed by atoms with Crippen LogP contribution < -0.4 is 11.1 Å². The van der Waals surface area contributed by atoms with Gasteiger partial charge >= 0.3 is 0 Å². The Hall–Kier alpha value is -1.46. The van der Waals surface area contributed by atoms with Crippen LogP contribution in [0.1, 0.15) is 18.4 Å². The first-order valence-electron chi connectivity index (χ1n) is 6.36. The van der Waals surface area contributed by atoms with E-state index in [0.717, 1.165) is 18.7 Å². The zero-order valence-electron chi connectivity index (χ0n) is 11.4. The predicted molar refractivity (Wildman–Crippen MR) is 82.1 cm³/mol. The van der Waals surface area contributed by atoms with Crippen molar-refractivity contribution in [2.24, 2.45) is 5.73 Å². The van der Waals surface area contributed by atoms with Gasteiger partial charge in [-0.1, -0.05) is 49.5 Å². The molecule has 0 heterocycles. The third kappa shape index (κ3) is 4.96. The number of thiocarbonyl (C=S) groups is 1. The lowest BCUT2D eigenvalue weighted by Crippen LogP contribution is -2.39. The minimum Gasteiger partial charge on any atom is -0.392 e. The minimum atomic E-state index is -0.553. The maximum absolute atomic E-state index is 12.2. The van der Waals surface area contributed by atoms with Gasteiger partial charge in [-0.25, -0.2) is 0 Å². The maximum Gasteiger partial charge on any atom is 0.234 e. The van der Waals surface area contributed by atoms with Crippen LogP contribution in [0, 0.1) is 0 Å². The molecule has 1 aromatic rings. The summed E-state index contributed by atoms with van der Waals surface area (Å²) in [7, 11) is 2.01. The van der Waals surface area contributed by atoms with Crippen LogP contribution in [0.2, 0.25) is 0 Å². The predicted octanol–water partition coefficient (Wildman–Crippen LogP) is 1.12. The summed E-state index contributed by atoms with van der Waals surface area (Å²) < 4.78 is 0. The molecule has 1 rings (SSSR count). The fourth-order valence-corrected chi connectivity index (χ4v) is 1.96. The summed E-state index contributed by atoms with van der Waals surface area (Å²) in [5.74, 6) is -0.689. The number of carbonyl (C=O) groups is 1. The Morgan fingerprint density at radius 1 is 1.42 bits per heavy atom. The van der Waals surface area contributed by atoms with Crippen molar-refractivity contribution in [3.05, 3.63) is 35.9 Å². The number of carbonyl (C=O) groups excluding carboxylic acids is 1. The number of rotatable bonds is 7. The summed E-state index contributed by atoms with van der Waals surface area (Å²) in [6, 6.07) is 9.37. The van der Waals surface area contributed by atoms with Crippen molar-refractivity contribution in [3.8, 4) is 0 Å². The first-order chi connectivity index (χ1) is 9.06. The second-order valence-corrected chi connectivity index (χ2v) is 4.90. The maximum atomic E-state index is 12.2. The molecule has 0 fully saturated rings. The van der Waals surface area contributed by atoms with Gasteiger partial charge in [0.15, 0.2) is 0 Å². The van der Waals surface area contributed by atoms with Crippen molar-refractivity contribution in [1.29, 1.82) is 0 Å². The van der Waals surface area contributed by atoms with E-state index >= 15 is 0 Å². The molecule has 1 atom stereocenters. The van der Waals surface area contributed by atoms with Crippen molar-refractivity contribution in [1.82, 2.24) is 10.2 Å². The number of hydrogen-bond acceptors (Lipinski definition) is 3. The van der Waals surface area contributed by atoms with Gasteiger partial charge in [0.1, 0.15) is 5.92 Å². The molecule has 0 aromatic heterocycles. The third-order valence-electron chi connectivity index (χ3n) is 3.01. The normalized spacial score (nSPS) is 12.2. The van der Waals surface area contributed by atoms with Crippen LogP contribution in [-0.2, 0) is 4.79 Å². The molecule has 0 saturated heterocycles. The average Bonchev–Trinajstić information content (AvgIpc) is 2.39. The molecule has 0 aliphatic rings. The lowest BCUT2D eigenvalue weighted by atomic mass is 9.98. The number of nitrogens with one attached hydrogen (secondary N) is 1. The Morgan fingerprint density at radius 3 is 2.58 bits per heavy atom.